The van der Waals surface area contributed by atoms with E-state index in [1.165, 1.54) is 0 Å². The number of hydrogen-bond donors (Lipinski definition) is 1. The Morgan fingerprint density at radius 3 is 2.64 bits per heavy atom. The van der Waals surface area contributed by atoms with Gasteiger partial charge in [0.2, 0.25) is 5.79 Å². The van der Waals surface area contributed by atoms with Crippen LogP contribution in [0.1, 0.15) is 39.0 Å². The molecule has 1 fully saturated rings. The van der Waals surface area contributed by atoms with Crippen molar-refractivity contribution in [3.63, 3.8) is 0 Å². The molecule has 0 atom stereocenters. The van der Waals surface area contributed by atoms with Gasteiger partial charge in [-0.1, -0.05) is 6.92 Å². The molecule has 1 saturated carbocycles. The highest BCUT2D eigenvalue weighted by Crippen LogP contribution is 2.32. The van der Waals surface area contributed by atoms with Gasteiger partial charge in [-0.2, -0.15) is 0 Å². The maximum Gasteiger partial charge on any atom is 0.308 e. The van der Waals surface area contributed by atoms with Crippen molar-refractivity contribution in [3.8, 4) is 0 Å². The van der Waals surface area contributed by atoms with E-state index < -0.39 is 5.79 Å². The average molecular weight is 158 g/mol. The van der Waals surface area contributed by atoms with Crippen molar-refractivity contribution in [2.45, 2.75) is 44.8 Å². The van der Waals surface area contributed by atoms with Crippen molar-refractivity contribution < 1.29 is 14.6 Å². The smallest absolute Gasteiger partial charge is 0.308 e. The molecule has 1 rings (SSSR count). The summed E-state index contributed by atoms with van der Waals surface area (Å²) in [5, 5.41) is 9.36. The molecule has 3 nitrogen and oxygen atoms in total. The predicted octanol–water partition coefficient (Wildman–Crippen LogP) is 1.20. The summed E-state index contributed by atoms with van der Waals surface area (Å²) < 4.78 is 4.83. The minimum Gasteiger partial charge on any atom is -0.433 e. The summed E-state index contributed by atoms with van der Waals surface area (Å²) in [5.41, 5.74) is 0. The van der Waals surface area contributed by atoms with Crippen molar-refractivity contribution >= 4 is 5.97 Å². The van der Waals surface area contributed by atoms with E-state index in [1.54, 1.807) is 0 Å². The van der Waals surface area contributed by atoms with E-state index in [-0.39, 0.29) is 5.97 Å². The zero-order valence-electron chi connectivity index (χ0n) is 6.80. The Bertz CT molecular complexity index is 149. The first-order valence-electron chi connectivity index (χ1n) is 4.10. The highest BCUT2D eigenvalue weighted by atomic mass is 16.7. The third-order valence-electron chi connectivity index (χ3n) is 1.89. The Labute approximate surface area is 66.4 Å². The molecule has 0 aliphatic heterocycles. The SMILES string of the molecule is CCCC(=O)OC1(O)CCC1. The molecule has 0 radical (unpaired) electrons. The first-order valence-corrected chi connectivity index (χ1v) is 4.10. The average Bonchev–Trinajstić information content (AvgIpc) is 1.85. The first-order chi connectivity index (χ1) is 5.16. The van der Waals surface area contributed by atoms with Crippen molar-refractivity contribution in [1.29, 1.82) is 0 Å². The van der Waals surface area contributed by atoms with Gasteiger partial charge in [0, 0.05) is 19.3 Å². The number of carbonyl (C=O) groups is 1. The molecule has 64 valence electrons. The van der Waals surface area contributed by atoms with Crippen molar-refractivity contribution in [2.24, 2.45) is 0 Å². The molecule has 0 amide bonds. The molecule has 0 saturated heterocycles. The molecule has 0 aromatic carbocycles. The van der Waals surface area contributed by atoms with Crippen LogP contribution in [0.25, 0.3) is 0 Å². The molecule has 0 unspecified atom stereocenters. The summed E-state index contributed by atoms with van der Waals surface area (Å²) >= 11 is 0. The monoisotopic (exact) mass is 158 g/mol. The van der Waals surface area contributed by atoms with Gasteiger partial charge in [0.1, 0.15) is 0 Å². The van der Waals surface area contributed by atoms with Gasteiger partial charge in [-0.25, -0.2) is 0 Å². The molecule has 11 heavy (non-hydrogen) atoms. The summed E-state index contributed by atoms with van der Waals surface area (Å²) in [6.07, 6.45) is 3.33. The molecule has 1 N–H and O–H groups in total. The van der Waals surface area contributed by atoms with Gasteiger partial charge in [0.25, 0.3) is 0 Å². The topological polar surface area (TPSA) is 46.5 Å². The predicted molar refractivity (Wildman–Crippen MR) is 39.8 cm³/mol. The van der Waals surface area contributed by atoms with E-state index >= 15 is 0 Å². The first kappa shape index (κ1) is 8.53. The zero-order chi connectivity index (χ0) is 8.32. The number of ether oxygens (including phenoxy) is 1. The Hall–Kier alpha value is -0.570. The second-order valence-electron chi connectivity index (χ2n) is 3.02. The van der Waals surface area contributed by atoms with Crippen molar-refractivity contribution in [3.05, 3.63) is 0 Å². The largest absolute Gasteiger partial charge is 0.433 e. The standard InChI is InChI=1S/C8H14O3/c1-2-4-7(9)11-8(10)5-3-6-8/h10H,2-6H2,1H3. The van der Waals surface area contributed by atoms with Gasteiger partial charge in [0.05, 0.1) is 0 Å². The molecule has 0 spiro atoms. The Balaban J connectivity index is 2.23. The van der Waals surface area contributed by atoms with Gasteiger partial charge in [-0.05, 0) is 12.8 Å². The molecule has 1 aliphatic carbocycles. The molecule has 0 aromatic rings. The van der Waals surface area contributed by atoms with Crippen LogP contribution in [0.15, 0.2) is 0 Å². The fourth-order valence-corrected chi connectivity index (χ4v) is 1.05. The molecule has 0 aromatic heterocycles. The highest BCUT2D eigenvalue weighted by Gasteiger charge is 2.38. The summed E-state index contributed by atoms with van der Waals surface area (Å²) in [6, 6.07) is 0. The van der Waals surface area contributed by atoms with Crippen LogP contribution in [-0.4, -0.2) is 16.9 Å². The van der Waals surface area contributed by atoms with Crippen LogP contribution in [0.4, 0.5) is 0 Å². The Morgan fingerprint density at radius 1 is 1.64 bits per heavy atom. The van der Waals surface area contributed by atoms with E-state index in [4.69, 9.17) is 4.74 Å². The number of rotatable bonds is 3. The minimum atomic E-state index is -1.10. The second kappa shape index (κ2) is 3.22. The van der Waals surface area contributed by atoms with Gasteiger partial charge < -0.3 is 9.84 Å². The summed E-state index contributed by atoms with van der Waals surface area (Å²) in [5.74, 6) is -1.39. The minimum absolute atomic E-state index is 0.283. The summed E-state index contributed by atoms with van der Waals surface area (Å²) in [6.45, 7) is 1.91. The molecule has 1 aliphatic rings. The number of aliphatic hydroxyl groups is 1. The Morgan fingerprint density at radius 2 is 2.27 bits per heavy atom. The zero-order valence-corrected chi connectivity index (χ0v) is 6.80. The lowest BCUT2D eigenvalue weighted by molar-refractivity contribution is -0.239. The van der Waals surface area contributed by atoms with Gasteiger partial charge >= 0.3 is 5.97 Å². The third-order valence-corrected chi connectivity index (χ3v) is 1.89. The summed E-state index contributed by atoms with van der Waals surface area (Å²) in [4.78, 5) is 10.9. The maximum atomic E-state index is 10.9. The van der Waals surface area contributed by atoms with E-state index in [2.05, 4.69) is 0 Å². The van der Waals surface area contributed by atoms with E-state index in [0.29, 0.717) is 19.3 Å². The van der Waals surface area contributed by atoms with E-state index in [0.717, 1.165) is 12.8 Å². The van der Waals surface area contributed by atoms with Crippen molar-refractivity contribution in [2.75, 3.05) is 0 Å². The van der Waals surface area contributed by atoms with Crippen LogP contribution >= 0.6 is 0 Å². The fourth-order valence-electron chi connectivity index (χ4n) is 1.05. The number of esters is 1. The van der Waals surface area contributed by atoms with Gasteiger partial charge in [-0.15, -0.1) is 0 Å². The molecular weight excluding hydrogens is 144 g/mol. The van der Waals surface area contributed by atoms with Crippen LogP contribution < -0.4 is 0 Å². The van der Waals surface area contributed by atoms with Gasteiger partial charge in [0.15, 0.2) is 0 Å². The van der Waals surface area contributed by atoms with Crippen LogP contribution in [0, 0.1) is 0 Å². The normalized spacial score (nSPS) is 20.5. The van der Waals surface area contributed by atoms with Crippen LogP contribution in [0.2, 0.25) is 0 Å². The summed E-state index contributed by atoms with van der Waals surface area (Å²) in [7, 11) is 0. The lowest BCUT2D eigenvalue weighted by atomic mass is 9.91. The van der Waals surface area contributed by atoms with Gasteiger partial charge in [-0.3, -0.25) is 4.79 Å². The second-order valence-corrected chi connectivity index (χ2v) is 3.02. The third kappa shape index (κ3) is 2.19. The Kier molecular flexibility index (Phi) is 2.49. The number of carbonyl (C=O) groups excluding carboxylic acids is 1. The van der Waals surface area contributed by atoms with Crippen molar-refractivity contribution in [1.82, 2.24) is 0 Å². The molecule has 0 bridgehead atoms. The maximum absolute atomic E-state index is 10.9. The molecular formula is C8H14O3. The van der Waals surface area contributed by atoms with Crippen LogP contribution in [0.3, 0.4) is 0 Å². The van der Waals surface area contributed by atoms with E-state index in [1.807, 2.05) is 6.92 Å². The van der Waals surface area contributed by atoms with Crippen LogP contribution in [-0.2, 0) is 9.53 Å². The molecule has 3 heteroatoms. The lowest BCUT2D eigenvalue weighted by Crippen LogP contribution is -2.41. The van der Waals surface area contributed by atoms with Crippen LogP contribution in [0.5, 0.6) is 0 Å². The highest BCUT2D eigenvalue weighted by molar-refractivity contribution is 5.69. The van der Waals surface area contributed by atoms with E-state index in [9.17, 15) is 9.90 Å². The quantitative estimate of drug-likeness (QED) is 0.496. The lowest BCUT2D eigenvalue weighted by Gasteiger charge is -2.35. The number of hydrogen-bond acceptors (Lipinski definition) is 3. The molecule has 0 heterocycles. The fraction of sp³-hybridized carbons (Fsp3) is 0.875.